The van der Waals surface area contributed by atoms with E-state index < -0.39 is 23.4 Å². The molecule has 1 amide bonds. The van der Waals surface area contributed by atoms with Gasteiger partial charge in [0.2, 0.25) is 5.91 Å². The fourth-order valence-electron chi connectivity index (χ4n) is 3.00. The van der Waals surface area contributed by atoms with Gasteiger partial charge >= 0.3 is 11.9 Å². The quantitative estimate of drug-likeness (QED) is 0.549. The number of hydrogen-bond donors (Lipinski definition) is 1. The molecule has 6 nitrogen and oxygen atoms in total. The highest BCUT2D eigenvalue weighted by atomic mass is 16.5. The first kappa shape index (κ1) is 21.9. The minimum absolute atomic E-state index is 0.0904. The summed E-state index contributed by atoms with van der Waals surface area (Å²) in [5, 5.41) is 2.78. The summed E-state index contributed by atoms with van der Waals surface area (Å²) in [7, 11) is 2.51. The van der Waals surface area contributed by atoms with Crippen LogP contribution >= 0.6 is 0 Å². The maximum absolute atomic E-state index is 13.4. The van der Waals surface area contributed by atoms with Gasteiger partial charge in [0, 0.05) is 6.08 Å². The zero-order chi connectivity index (χ0) is 21.3. The number of carbonyl (C=O) groups excluding carboxylic acids is 3. The van der Waals surface area contributed by atoms with Crippen LogP contribution in [0.1, 0.15) is 24.5 Å². The van der Waals surface area contributed by atoms with Crippen molar-refractivity contribution in [1.29, 1.82) is 0 Å². The van der Waals surface area contributed by atoms with Crippen molar-refractivity contribution in [3.8, 4) is 0 Å². The molecule has 29 heavy (non-hydrogen) atoms. The Morgan fingerprint density at radius 1 is 0.931 bits per heavy atom. The van der Waals surface area contributed by atoms with Gasteiger partial charge in [-0.3, -0.25) is 4.79 Å². The number of methoxy groups -OCH3 is 2. The average Bonchev–Trinajstić information content (AvgIpc) is 2.78. The number of hydrogen-bond acceptors (Lipinski definition) is 5. The third kappa shape index (κ3) is 5.31. The van der Waals surface area contributed by atoms with Gasteiger partial charge in [-0.25, -0.2) is 9.59 Å². The molecular weight excluding hydrogens is 370 g/mol. The van der Waals surface area contributed by atoms with E-state index in [1.807, 2.05) is 67.6 Å². The number of rotatable bonds is 8. The zero-order valence-electron chi connectivity index (χ0n) is 16.8. The van der Waals surface area contributed by atoms with E-state index in [0.717, 1.165) is 11.1 Å². The van der Waals surface area contributed by atoms with E-state index in [9.17, 15) is 14.4 Å². The Labute approximate surface area is 170 Å². The second kappa shape index (κ2) is 10.2. The van der Waals surface area contributed by atoms with Crippen molar-refractivity contribution < 1.29 is 23.9 Å². The molecule has 2 aromatic rings. The Bertz CT molecular complexity index is 822. The summed E-state index contributed by atoms with van der Waals surface area (Å²) in [6.07, 6.45) is 2.76. The molecule has 0 unspecified atom stereocenters. The lowest BCUT2D eigenvalue weighted by Crippen LogP contribution is -2.50. The van der Waals surface area contributed by atoms with Crippen LogP contribution in [0.25, 0.3) is 0 Å². The Hall–Kier alpha value is -3.41. The van der Waals surface area contributed by atoms with Gasteiger partial charge in [-0.2, -0.15) is 0 Å². The molecule has 0 spiro atoms. The number of carbonyl (C=O) groups is 3. The molecule has 0 bridgehead atoms. The molecule has 0 aliphatic heterocycles. The zero-order valence-corrected chi connectivity index (χ0v) is 16.8. The van der Waals surface area contributed by atoms with Gasteiger partial charge in [0.25, 0.3) is 0 Å². The van der Waals surface area contributed by atoms with Gasteiger partial charge in [-0.05, 0) is 24.5 Å². The molecule has 0 aliphatic carbocycles. The van der Waals surface area contributed by atoms with Crippen molar-refractivity contribution in [2.45, 2.75) is 24.8 Å². The monoisotopic (exact) mass is 395 g/mol. The van der Waals surface area contributed by atoms with Gasteiger partial charge < -0.3 is 14.8 Å². The van der Waals surface area contributed by atoms with Crippen molar-refractivity contribution in [3.63, 3.8) is 0 Å². The van der Waals surface area contributed by atoms with Gasteiger partial charge in [-0.1, -0.05) is 66.7 Å². The molecule has 0 aliphatic rings. The van der Waals surface area contributed by atoms with Crippen LogP contribution in [0.3, 0.4) is 0 Å². The fourth-order valence-corrected chi connectivity index (χ4v) is 3.00. The van der Waals surface area contributed by atoms with E-state index in [4.69, 9.17) is 4.74 Å². The maximum atomic E-state index is 13.4. The van der Waals surface area contributed by atoms with Crippen LogP contribution in [0.4, 0.5) is 0 Å². The first-order valence-electron chi connectivity index (χ1n) is 9.17. The number of esters is 2. The predicted octanol–water partition coefficient (Wildman–Crippen LogP) is 2.77. The van der Waals surface area contributed by atoms with E-state index >= 15 is 0 Å². The van der Waals surface area contributed by atoms with E-state index in [2.05, 4.69) is 10.1 Å². The first-order valence-corrected chi connectivity index (χ1v) is 9.17. The van der Waals surface area contributed by atoms with E-state index in [0.29, 0.717) is 0 Å². The molecule has 0 aromatic heterocycles. The summed E-state index contributed by atoms with van der Waals surface area (Å²) in [5.41, 5.74) is 0.552. The van der Waals surface area contributed by atoms with E-state index in [1.165, 1.54) is 26.4 Å². The Kier molecular flexibility index (Phi) is 7.71. The minimum Gasteiger partial charge on any atom is -0.467 e. The van der Waals surface area contributed by atoms with Crippen molar-refractivity contribution in [2.75, 3.05) is 14.2 Å². The molecule has 0 radical (unpaired) electrons. The third-order valence-corrected chi connectivity index (χ3v) is 4.77. The van der Waals surface area contributed by atoms with Gasteiger partial charge in [-0.15, -0.1) is 0 Å². The Balaban J connectivity index is 2.35. The minimum atomic E-state index is -1.03. The van der Waals surface area contributed by atoms with Crippen LogP contribution in [0.2, 0.25) is 0 Å². The topological polar surface area (TPSA) is 81.7 Å². The molecule has 152 valence electrons. The third-order valence-electron chi connectivity index (χ3n) is 4.77. The average molecular weight is 395 g/mol. The normalized spacial score (nSPS) is 12.2. The molecule has 0 heterocycles. The van der Waals surface area contributed by atoms with Crippen LogP contribution in [-0.4, -0.2) is 38.1 Å². The fraction of sp³-hybridized carbons (Fsp3) is 0.261. The van der Waals surface area contributed by atoms with Crippen LogP contribution in [0.15, 0.2) is 72.8 Å². The molecule has 1 atom stereocenters. The second-order valence-corrected chi connectivity index (χ2v) is 6.57. The van der Waals surface area contributed by atoms with Gasteiger partial charge in [0.05, 0.1) is 19.6 Å². The number of amides is 1. The summed E-state index contributed by atoms with van der Waals surface area (Å²) < 4.78 is 9.36. The summed E-state index contributed by atoms with van der Waals surface area (Å²) in [4.78, 5) is 36.9. The van der Waals surface area contributed by atoms with Crippen molar-refractivity contribution >= 4 is 17.8 Å². The molecule has 0 fully saturated rings. The first-order chi connectivity index (χ1) is 13.9. The van der Waals surface area contributed by atoms with Crippen LogP contribution in [-0.2, 0) is 29.3 Å². The number of ether oxygens (including phenoxy) is 2. The van der Waals surface area contributed by atoms with Crippen molar-refractivity contribution in [2.24, 2.45) is 0 Å². The number of benzene rings is 2. The largest absolute Gasteiger partial charge is 0.467 e. The maximum Gasteiger partial charge on any atom is 0.330 e. The number of nitrogens with one attached hydrogen (secondary N) is 1. The molecule has 0 saturated heterocycles. The molecular formula is C23H25NO5. The predicted molar refractivity (Wildman–Crippen MR) is 109 cm³/mol. The standard InChI is InChI=1S/C23H25NO5/c1-23(17-11-6-4-7-12-17,18-13-8-5-9-14-18)22(27)24-19(21(26)29-3)15-10-16-20(25)28-2/h4-14,16,19H,15H2,1-3H3,(H,24,27)/b16-10+/t19-/m0/s1. The van der Waals surface area contributed by atoms with Crippen molar-refractivity contribution in [1.82, 2.24) is 5.32 Å². The Morgan fingerprint density at radius 3 is 1.90 bits per heavy atom. The lowest BCUT2D eigenvalue weighted by Gasteiger charge is -2.31. The van der Waals surface area contributed by atoms with Gasteiger partial charge in [0.15, 0.2) is 0 Å². The summed E-state index contributed by atoms with van der Waals surface area (Å²) in [6.45, 7) is 1.81. The van der Waals surface area contributed by atoms with Crippen LogP contribution in [0, 0.1) is 0 Å². The SMILES string of the molecule is COC(=O)/C=C/C[C@H](NC(=O)C(C)(c1ccccc1)c1ccccc1)C(=O)OC. The highest BCUT2D eigenvalue weighted by Gasteiger charge is 2.38. The summed E-state index contributed by atoms with van der Waals surface area (Å²) >= 11 is 0. The lowest BCUT2D eigenvalue weighted by atomic mass is 9.75. The van der Waals surface area contributed by atoms with E-state index in [1.54, 1.807) is 0 Å². The van der Waals surface area contributed by atoms with E-state index in [-0.39, 0.29) is 12.3 Å². The lowest BCUT2D eigenvalue weighted by molar-refractivity contribution is -0.145. The molecule has 2 rings (SSSR count). The van der Waals surface area contributed by atoms with Crippen molar-refractivity contribution in [3.05, 3.63) is 83.9 Å². The highest BCUT2D eigenvalue weighted by Crippen LogP contribution is 2.32. The molecule has 6 heteroatoms. The van der Waals surface area contributed by atoms with Gasteiger partial charge in [0.1, 0.15) is 6.04 Å². The highest BCUT2D eigenvalue weighted by molar-refractivity contribution is 5.94. The van der Waals surface area contributed by atoms with Crippen LogP contribution in [0.5, 0.6) is 0 Å². The smallest absolute Gasteiger partial charge is 0.330 e. The molecule has 2 aromatic carbocycles. The molecule has 0 saturated carbocycles. The molecule has 1 N–H and O–H groups in total. The summed E-state index contributed by atoms with van der Waals surface area (Å²) in [6, 6.07) is 17.7. The van der Waals surface area contributed by atoms with Crippen LogP contribution < -0.4 is 5.32 Å². The Morgan fingerprint density at radius 2 is 1.45 bits per heavy atom. The second-order valence-electron chi connectivity index (χ2n) is 6.57. The summed E-state index contributed by atoms with van der Waals surface area (Å²) in [5.74, 6) is -1.49.